The molecule has 0 atom stereocenters. The van der Waals surface area contributed by atoms with E-state index in [-0.39, 0.29) is 11.7 Å². The topological polar surface area (TPSA) is 86.1 Å². The van der Waals surface area contributed by atoms with Gasteiger partial charge in [-0.2, -0.15) is 0 Å². The largest absolute Gasteiger partial charge is 0.462 e. The van der Waals surface area contributed by atoms with Crippen molar-refractivity contribution in [1.82, 2.24) is 14.8 Å². The molecule has 0 fully saturated rings. The van der Waals surface area contributed by atoms with Gasteiger partial charge in [0, 0.05) is 22.0 Å². The molecule has 172 valence electrons. The van der Waals surface area contributed by atoms with Crippen molar-refractivity contribution in [2.75, 3.05) is 17.7 Å². The highest BCUT2D eigenvalue weighted by Crippen LogP contribution is 2.28. The average molecular weight is 493 g/mol. The Morgan fingerprint density at radius 3 is 2.35 bits per heavy atom. The maximum absolute atomic E-state index is 12.6. The van der Waals surface area contributed by atoms with Crippen molar-refractivity contribution in [1.29, 1.82) is 0 Å². The van der Waals surface area contributed by atoms with Gasteiger partial charge in [-0.05, 0) is 67.6 Å². The van der Waals surface area contributed by atoms with E-state index in [0.29, 0.717) is 33.9 Å². The van der Waals surface area contributed by atoms with Crippen LogP contribution in [0.2, 0.25) is 5.02 Å². The van der Waals surface area contributed by atoms with Crippen molar-refractivity contribution in [3.05, 3.63) is 89.4 Å². The number of nitrogens with zero attached hydrogens (tertiary/aromatic N) is 3. The molecule has 34 heavy (non-hydrogen) atoms. The van der Waals surface area contributed by atoms with Gasteiger partial charge in [-0.25, -0.2) is 4.79 Å². The van der Waals surface area contributed by atoms with Crippen molar-refractivity contribution < 1.29 is 14.3 Å². The number of para-hydroxylation sites is 1. The Labute approximate surface area is 206 Å². The normalized spacial score (nSPS) is 10.6. The Morgan fingerprint density at radius 2 is 1.68 bits per heavy atom. The number of esters is 1. The van der Waals surface area contributed by atoms with Crippen LogP contribution in [0.1, 0.15) is 17.3 Å². The molecule has 3 aromatic carbocycles. The van der Waals surface area contributed by atoms with E-state index in [0.717, 1.165) is 11.3 Å². The zero-order chi connectivity index (χ0) is 23.9. The second kappa shape index (κ2) is 11.0. The molecule has 0 aliphatic heterocycles. The lowest BCUT2D eigenvalue weighted by molar-refractivity contribution is -0.113. The van der Waals surface area contributed by atoms with Crippen LogP contribution in [0.25, 0.3) is 17.1 Å². The molecule has 0 radical (unpaired) electrons. The van der Waals surface area contributed by atoms with Crippen molar-refractivity contribution in [3.8, 4) is 17.1 Å². The lowest BCUT2D eigenvalue weighted by Crippen LogP contribution is -2.15. The van der Waals surface area contributed by atoms with Crippen LogP contribution in [-0.2, 0) is 9.53 Å². The van der Waals surface area contributed by atoms with Crippen LogP contribution in [0, 0.1) is 0 Å². The van der Waals surface area contributed by atoms with Crippen LogP contribution in [0.4, 0.5) is 5.69 Å². The third kappa shape index (κ3) is 5.65. The second-order valence-corrected chi connectivity index (χ2v) is 8.50. The van der Waals surface area contributed by atoms with Crippen molar-refractivity contribution in [2.45, 2.75) is 12.1 Å². The third-order valence-electron chi connectivity index (χ3n) is 4.76. The standard InChI is InChI=1S/C25H21ClN4O3S/c1-2-33-24(32)18-10-14-20(15-11-18)27-22(31)16-34-25-29-28-23(17-8-12-19(26)13-9-17)30(25)21-6-4-3-5-7-21/h3-15H,2,16H2,1H3,(H,27,31). The maximum Gasteiger partial charge on any atom is 0.338 e. The van der Waals surface area contributed by atoms with E-state index in [1.807, 2.05) is 47.0 Å². The van der Waals surface area contributed by atoms with E-state index in [2.05, 4.69) is 15.5 Å². The predicted molar refractivity (Wildman–Crippen MR) is 134 cm³/mol. The molecule has 1 aromatic heterocycles. The summed E-state index contributed by atoms with van der Waals surface area (Å²) in [5.74, 6) is 0.183. The molecule has 0 spiro atoms. The first-order valence-corrected chi connectivity index (χ1v) is 11.9. The molecule has 4 rings (SSSR count). The van der Waals surface area contributed by atoms with E-state index in [1.54, 1.807) is 43.3 Å². The summed E-state index contributed by atoms with van der Waals surface area (Å²) in [6, 6.07) is 23.6. The Kier molecular flexibility index (Phi) is 7.61. The van der Waals surface area contributed by atoms with Gasteiger partial charge >= 0.3 is 5.97 Å². The number of rotatable bonds is 8. The molecular formula is C25H21ClN4O3S. The fourth-order valence-corrected chi connectivity index (χ4v) is 4.07. The quantitative estimate of drug-likeness (QED) is 0.258. The smallest absolute Gasteiger partial charge is 0.338 e. The molecular weight excluding hydrogens is 472 g/mol. The van der Waals surface area contributed by atoms with Gasteiger partial charge in [-0.1, -0.05) is 41.6 Å². The van der Waals surface area contributed by atoms with Gasteiger partial charge in [0.05, 0.1) is 17.9 Å². The minimum absolute atomic E-state index is 0.130. The maximum atomic E-state index is 12.6. The number of hydrogen-bond donors (Lipinski definition) is 1. The summed E-state index contributed by atoms with van der Waals surface area (Å²) in [4.78, 5) is 24.3. The first kappa shape index (κ1) is 23.5. The minimum Gasteiger partial charge on any atom is -0.462 e. The van der Waals surface area contributed by atoms with Crippen LogP contribution in [0.15, 0.2) is 84.0 Å². The predicted octanol–water partition coefficient (Wildman–Crippen LogP) is 5.50. The monoisotopic (exact) mass is 492 g/mol. The molecule has 9 heteroatoms. The molecule has 1 heterocycles. The Hall–Kier alpha value is -3.62. The molecule has 0 aliphatic carbocycles. The number of carbonyl (C=O) groups excluding carboxylic acids is 2. The van der Waals surface area contributed by atoms with Crippen molar-refractivity contribution >= 4 is 40.9 Å². The fraction of sp³-hybridized carbons (Fsp3) is 0.120. The van der Waals surface area contributed by atoms with Gasteiger partial charge in [0.1, 0.15) is 0 Å². The number of benzene rings is 3. The molecule has 0 bridgehead atoms. The van der Waals surface area contributed by atoms with E-state index in [9.17, 15) is 9.59 Å². The molecule has 0 saturated heterocycles. The number of amides is 1. The number of ether oxygens (including phenoxy) is 1. The molecule has 0 unspecified atom stereocenters. The Bertz CT molecular complexity index is 1280. The zero-order valence-electron chi connectivity index (χ0n) is 18.3. The number of hydrogen-bond acceptors (Lipinski definition) is 6. The zero-order valence-corrected chi connectivity index (χ0v) is 19.8. The van der Waals surface area contributed by atoms with Gasteiger partial charge in [0.25, 0.3) is 0 Å². The molecule has 7 nitrogen and oxygen atoms in total. The molecule has 1 amide bonds. The summed E-state index contributed by atoms with van der Waals surface area (Å²) in [6.45, 7) is 2.06. The van der Waals surface area contributed by atoms with E-state index < -0.39 is 5.97 Å². The highest BCUT2D eigenvalue weighted by Gasteiger charge is 2.17. The number of nitrogens with one attached hydrogen (secondary N) is 1. The molecule has 0 aliphatic rings. The summed E-state index contributed by atoms with van der Waals surface area (Å²) in [5.41, 5.74) is 2.76. The average Bonchev–Trinajstić information content (AvgIpc) is 3.28. The number of halogens is 1. The summed E-state index contributed by atoms with van der Waals surface area (Å²) >= 11 is 7.32. The van der Waals surface area contributed by atoms with Crippen LogP contribution in [0.3, 0.4) is 0 Å². The van der Waals surface area contributed by atoms with Gasteiger partial charge < -0.3 is 10.1 Å². The first-order valence-electron chi connectivity index (χ1n) is 10.5. The van der Waals surface area contributed by atoms with E-state index in [4.69, 9.17) is 16.3 Å². The molecule has 1 N–H and O–H groups in total. The van der Waals surface area contributed by atoms with Gasteiger partial charge in [0.15, 0.2) is 11.0 Å². The van der Waals surface area contributed by atoms with Crippen LogP contribution >= 0.6 is 23.4 Å². The van der Waals surface area contributed by atoms with Crippen molar-refractivity contribution in [2.24, 2.45) is 0 Å². The van der Waals surface area contributed by atoms with Crippen LogP contribution in [0.5, 0.6) is 0 Å². The van der Waals surface area contributed by atoms with E-state index in [1.165, 1.54) is 11.8 Å². The Morgan fingerprint density at radius 1 is 0.971 bits per heavy atom. The lowest BCUT2D eigenvalue weighted by Gasteiger charge is -2.10. The number of carbonyl (C=O) groups is 2. The third-order valence-corrected chi connectivity index (χ3v) is 5.94. The van der Waals surface area contributed by atoms with Crippen LogP contribution < -0.4 is 5.32 Å². The number of aromatic nitrogens is 3. The summed E-state index contributed by atoms with van der Waals surface area (Å²) < 4.78 is 6.88. The molecule has 4 aromatic rings. The highest BCUT2D eigenvalue weighted by atomic mass is 35.5. The molecule has 0 saturated carbocycles. The minimum atomic E-state index is -0.396. The summed E-state index contributed by atoms with van der Waals surface area (Å²) in [6.07, 6.45) is 0. The van der Waals surface area contributed by atoms with E-state index >= 15 is 0 Å². The summed E-state index contributed by atoms with van der Waals surface area (Å²) in [7, 11) is 0. The van der Waals surface area contributed by atoms with Crippen LogP contribution in [-0.4, -0.2) is 39.0 Å². The van der Waals surface area contributed by atoms with Gasteiger partial charge in [0.2, 0.25) is 5.91 Å². The second-order valence-electron chi connectivity index (χ2n) is 7.12. The Balaban J connectivity index is 1.49. The number of thioether (sulfide) groups is 1. The number of anilines is 1. The SMILES string of the molecule is CCOC(=O)c1ccc(NC(=O)CSc2nnc(-c3ccc(Cl)cc3)n2-c2ccccc2)cc1. The fourth-order valence-electron chi connectivity index (χ4n) is 3.19. The van der Waals surface area contributed by atoms with Gasteiger partial charge in [-0.3, -0.25) is 9.36 Å². The lowest BCUT2D eigenvalue weighted by atomic mass is 10.2. The highest BCUT2D eigenvalue weighted by molar-refractivity contribution is 7.99. The summed E-state index contributed by atoms with van der Waals surface area (Å²) in [5, 5.41) is 12.8. The van der Waals surface area contributed by atoms with Gasteiger partial charge in [-0.15, -0.1) is 10.2 Å². The first-order chi connectivity index (χ1) is 16.5. The van der Waals surface area contributed by atoms with Crippen molar-refractivity contribution in [3.63, 3.8) is 0 Å².